The first-order valence-electron chi connectivity index (χ1n) is 5.74. The van der Waals surface area contributed by atoms with Gasteiger partial charge < -0.3 is 9.84 Å². The molecule has 0 atom stereocenters. The van der Waals surface area contributed by atoms with Gasteiger partial charge in [-0.2, -0.15) is 4.37 Å². The van der Waals surface area contributed by atoms with Crippen LogP contribution in [0.4, 0.5) is 5.69 Å². The topological polar surface area (TPSA) is 68.0 Å². The highest BCUT2D eigenvalue weighted by Crippen LogP contribution is 2.23. The number of anilines is 1. The van der Waals surface area contributed by atoms with E-state index in [9.17, 15) is 4.79 Å². The average Bonchev–Trinajstić information content (AvgIpc) is 2.95. The van der Waals surface area contributed by atoms with Crippen LogP contribution in [-0.4, -0.2) is 15.4 Å². The molecular weight excluding hydrogens is 262 g/mol. The molecule has 0 spiro atoms. The summed E-state index contributed by atoms with van der Waals surface area (Å²) < 4.78 is 10.2. The zero-order valence-electron chi connectivity index (χ0n) is 10.4. The number of aromatic nitrogens is 2. The van der Waals surface area contributed by atoms with Gasteiger partial charge in [0.25, 0.3) is 5.91 Å². The van der Waals surface area contributed by atoms with Gasteiger partial charge in [-0.05, 0) is 43.6 Å². The Morgan fingerprint density at radius 2 is 2.21 bits per heavy atom. The molecule has 0 aliphatic carbocycles. The Morgan fingerprint density at radius 1 is 1.37 bits per heavy atom. The molecule has 0 bridgehead atoms. The lowest BCUT2D eigenvalue weighted by Crippen LogP contribution is -2.13. The molecule has 1 amide bonds. The maximum absolute atomic E-state index is 12.2. The van der Waals surface area contributed by atoms with Crippen molar-refractivity contribution in [3.8, 4) is 0 Å². The van der Waals surface area contributed by atoms with E-state index in [2.05, 4.69) is 14.8 Å². The quantitative estimate of drug-likeness (QED) is 0.778. The third-order valence-corrected chi connectivity index (χ3v) is 3.65. The van der Waals surface area contributed by atoms with Crippen molar-refractivity contribution in [2.75, 3.05) is 5.32 Å². The third-order valence-electron chi connectivity index (χ3n) is 2.87. The Kier molecular flexibility index (Phi) is 2.79. The van der Waals surface area contributed by atoms with E-state index in [1.54, 1.807) is 20.0 Å². The highest BCUT2D eigenvalue weighted by molar-refractivity contribution is 7.13. The van der Waals surface area contributed by atoms with Gasteiger partial charge in [0.05, 0.1) is 10.4 Å². The lowest BCUT2D eigenvalue weighted by Gasteiger charge is -2.04. The molecule has 0 unspecified atom stereocenters. The zero-order valence-corrected chi connectivity index (χ0v) is 11.2. The smallest absolute Gasteiger partial charge is 0.261 e. The monoisotopic (exact) mass is 273 g/mol. The lowest BCUT2D eigenvalue weighted by atomic mass is 10.2. The van der Waals surface area contributed by atoms with Crippen molar-refractivity contribution < 1.29 is 9.32 Å². The number of hydrogen-bond acceptors (Lipinski definition) is 5. The van der Waals surface area contributed by atoms with Gasteiger partial charge in [0.2, 0.25) is 0 Å². The van der Waals surface area contributed by atoms with E-state index in [1.165, 1.54) is 11.5 Å². The number of carbonyl (C=O) groups excluding carboxylic acids is 1. The minimum Gasteiger partial charge on any atom is -0.361 e. The summed E-state index contributed by atoms with van der Waals surface area (Å²) >= 11 is 1.43. The van der Waals surface area contributed by atoms with Gasteiger partial charge in [-0.1, -0.05) is 5.16 Å². The number of amides is 1. The molecule has 3 aromatic rings. The van der Waals surface area contributed by atoms with Crippen LogP contribution in [0.2, 0.25) is 0 Å². The molecular formula is C13H11N3O2S. The molecule has 0 aliphatic heterocycles. The van der Waals surface area contributed by atoms with E-state index < -0.39 is 0 Å². The lowest BCUT2D eigenvalue weighted by molar-refractivity contribution is 0.102. The SMILES string of the molecule is Cc1noc(C)c1C(=O)Nc1ccc2sncc2c1. The van der Waals surface area contributed by atoms with Crippen LogP contribution in [0.5, 0.6) is 0 Å². The fourth-order valence-electron chi connectivity index (χ4n) is 1.95. The van der Waals surface area contributed by atoms with E-state index in [-0.39, 0.29) is 5.91 Å². The number of rotatable bonds is 2. The van der Waals surface area contributed by atoms with Crippen molar-refractivity contribution in [2.45, 2.75) is 13.8 Å². The second-order valence-electron chi connectivity index (χ2n) is 4.23. The first kappa shape index (κ1) is 11.9. The van der Waals surface area contributed by atoms with Gasteiger partial charge in [0.1, 0.15) is 11.3 Å². The molecule has 0 aliphatic rings. The highest BCUT2D eigenvalue weighted by atomic mass is 32.1. The number of aryl methyl sites for hydroxylation is 2. The van der Waals surface area contributed by atoms with Crippen LogP contribution in [-0.2, 0) is 0 Å². The molecule has 0 fully saturated rings. The molecule has 19 heavy (non-hydrogen) atoms. The predicted molar refractivity (Wildman–Crippen MR) is 73.6 cm³/mol. The summed E-state index contributed by atoms with van der Waals surface area (Å²) in [6.45, 7) is 3.47. The van der Waals surface area contributed by atoms with Gasteiger partial charge >= 0.3 is 0 Å². The maximum Gasteiger partial charge on any atom is 0.261 e. The van der Waals surface area contributed by atoms with Gasteiger partial charge in [0, 0.05) is 17.3 Å². The fourth-order valence-corrected chi connectivity index (χ4v) is 2.58. The molecule has 3 rings (SSSR count). The molecule has 0 saturated heterocycles. The summed E-state index contributed by atoms with van der Waals surface area (Å²) in [4.78, 5) is 12.2. The number of carbonyl (C=O) groups is 1. The molecule has 2 aromatic heterocycles. The van der Waals surface area contributed by atoms with Crippen molar-refractivity contribution in [3.63, 3.8) is 0 Å². The first-order valence-corrected chi connectivity index (χ1v) is 6.51. The van der Waals surface area contributed by atoms with Crippen LogP contribution in [0.25, 0.3) is 10.1 Å². The number of fused-ring (bicyclic) bond motifs is 1. The summed E-state index contributed by atoms with van der Waals surface area (Å²) in [5, 5.41) is 7.64. The van der Waals surface area contributed by atoms with Crippen LogP contribution >= 0.6 is 11.5 Å². The van der Waals surface area contributed by atoms with Gasteiger partial charge in [-0.15, -0.1) is 0 Å². The van der Waals surface area contributed by atoms with Crippen molar-refractivity contribution in [3.05, 3.63) is 41.4 Å². The molecule has 1 N–H and O–H groups in total. The van der Waals surface area contributed by atoms with Crippen molar-refractivity contribution in [2.24, 2.45) is 0 Å². The molecule has 0 saturated carbocycles. The minimum atomic E-state index is -0.209. The summed E-state index contributed by atoms with van der Waals surface area (Å²) in [7, 11) is 0. The summed E-state index contributed by atoms with van der Waals surface area (Å²) in [6.07, 6.45) is 1.78. The van der Waals surface area contributed by atoms with E-state index in [0.29, 0.717) is 17.0 Å². The normalized spacial score (nSPS) is 10.8. The number of benzene rings is 1. The second-order valence-corrected chi connectivity index (χ2v) is 5.06. The van der Waals surface area contributed by atoms with Gasteiger partial charge in [-0.25, -0.2) is 0 Å². The van der Waals surface area contributed by atoms with Crippen molar-refractivity contribution in [1.29, 1.82) is 0 Å². The van der Waals surface area contributed by atoms with Crippen LogP contribution < -0.4 is 5.32 Å². The number of nitrogens with one attached hydrogen (secondary N) is 1. The Hall–Kier alpha value is -2.21. The van der Waals surface area contributed by atoms with E-state index >= 15 is 0 Å². The van der Waals surface area contributed by atoms with E-state index in [1.807, 2.05) is 18.2 Å². The summed E-state index contributed by atoms with van der Waals surface area (Å²) in [5.41, 5.74) is 1.81. The van der Waals surface area contributed by atoms with Crippen LogP contribution in [0.15, 0.2) is 28.9 Å². The van der Waals surface area contributed by atoms with Gasteiger partial charge in [0.15, 0.2) is 0 Å². The fraction of sp³-hybridized carbons (Fsp3) is 0.154. The van der Waals surface area contributed by atoms with Gasteiger partial charge in [-0.3, -0.25) is 4.79 Å². The van der Waals surface area contributed by atoms with E-state index in [4.69, 9.17) is 4.52 Å². The molecule has 5 nitrogen and oxygen atoms in total. The van der Waals surface area contributed by atoms with Crippen molar-refractivity contribution in [1.82, 2.24) is 9.53 Å². The Morgan fingerprint density at radius 3 is 2.95 bits per heavy atom. The Balaban J connectivity index is 1.90. The van der Waals surface area contributed by atoms with Crippen LogP contribution in [0.1, 0.15) is 21.8 Å². The maximum atomic E-state index is 12.2. The van der Waals surface area contributed by atoms with E-state index in [0.717, 1.165) is 15.8 Å². The number of hydrogen-bond donors (Lipinski definition) is 1. The molecule has 96 valence electrons. The Labute approximate surface area is 113 Å². The standard InChI is InChI=1S/C13H11N3O2S/c1-7-12(8(2)18-16-7)13(17)15-10-3-4-11-9(5-10)6-14-19-11/h3-6H,1-2H3,(H,15,17). The first-order chi connectivity index (χ1) is 9.15. The van der Waals surface area contributed by atoms with Crippen LogP contribution in [0, 0.1) is 13.8 Å². The summed E-state index contributed by atoms with van der Waals surface area (Å²) in [6, 6.07) is 5.70. The highest BCUT2D eigenvalue weighted by Gasteiger charge is 2.17. The van der Waals surface area contributed by atoms with Crippen molar-refractivity contribution >= 4 is 33.2 Å². The second kappa shape index (κ2) is 4.47. The molecule has 0 radical (unpaired) electrons. The van der Waals surface area contributed by atoms with Crippen LogP contribution in [0.3, 0.4) is 0 Å². The number of nitrogens with zero attached hydrogens (tertiary/aromatic N) is 2. The minimum absolute atomic E-state index is 0.209. The predicted octanol–water partition coefficient (Wildman–Crippen LogP) is 3.15. The molecule has 6 heteroatoms. The summed E-state index contributed by atoms with van der Waals surface area (Å²) in [5.74, 6) is 0.312. The average molecular weight is 273 g/mol. The Bertz CT molecular complexity index is 741. The largest absolute Gasteiger partial charge is 0.361 e. The molecule has 2 heterocycles. The third kappa shape index (κ3) is 2.10. The zero-order chi connectivity index (χ0) is 13.4. The molecule has 1 aromatic carbocycles.